The predicted octanol–water partition coefficient (Wildman–Crippen LogP) is 1.24. The molecular weight excluding hydrogens is 262 g/mol. The number of fused-ring (bicyclic) bond motifs is 1. The molecule has 5 nitrogen and oxygen atoms in total. The summed E-state index contributed by atoms with van der Waals surface area (Å²) in [6.07, 6.45) is 1.74. The molecule has 0 atom stereocenters. The van der Waals surface area contributed by atoms with Gasteiger partial charge in [-0.25, -0.2) is 5.01 Å². The van der Waals surface area contributed by atoms with E-state index in [2.05, 4.69) is 16.5 Å². The smallest absolute Gasteiger partial charge is 0.270 e. The van der Waals surface area contributed by atoms with E-state index in [4.69, 9.17) is 0 Å². The zero-order valence-electron chi connectivity index (χ0n) is 10.8. The van der Waals surface area contributed by atoms with Crippen LogP contribution in [-0.4, -0.2) is 41.0 Å². The van der Waals surface area contributed by atoms with Crippen LogP contribution in [0.15, 0.2) is 16.5 Å². The first-order valence-electron chi connectivity index (χ1n) is 6.33. The van der Waals surface area contributed by atoms with Gasteiger partial charge in [-0.3, -0.25) is 9.59 Å². The Morgan fingerprint density at radius 3 is 3.00 bits per heavy atom. The standard InChI is InChI=1S/C13H15N3O2S/c1-15-12(17)3-2-10(14-15)13(18)16-6-4-11-9(8-16)5-7-19-11/h5,7H,2-4,6,8H2,1H3. The first-order valence-corrected chi connectivity index (χ1v) is 7.21. The molecule has 3 heterocycles. The van der Waals surface area contributed by atoms with Crippen LogP contribution in [0.2, 0.25) is 0 Å². The Morgan fingerprint density at radius 2 is 2.21 bits per heavy atom. The molecule has 0 saturated heterocycles. The first-order chi connectivity index (χ1) is 9.15. The molecule has 6 heteroatoms. The monoisotopic (exact) mass is 277 g/mol. The van der Waals surface area contributed by atoms with Gasteiger partial charge in [-0.1, -0.05) is 0 Å². The number of hydrazone groups is 1. The zero-order chi connectivity index (χ0) is 13.4. The van der Waals surface area contributed by atoms with E-state index >= 15 is 0 Å². The van der Waals surface area contributed by atoms with Crippen molar-refractivity contribution in [1.29, 1.82) is 0 Å². The van der Waals surface area contributed by atoms with Crippen LogP contribution in [0.1, 0.15) is 23.3 Å². The molecule has 2 amide bonds. The van der Waals surface area contributed by atoms with E-state index in [1.807, 2.05) is 4.90 Å². The average Bonchev–Trinajstić information content (AvgIpc) is 2.88. The summed E-state index contributed by atoms with van der Waals surface area (Å²) in [5.74, 6) is -0.0634. The van der Waals surface area contributed by atoms with Crippen LogP contribution >= 0.6 is 11.3 Å². The summed E-state index contributed by atoms with van der Waals surface area (Å²) in [5, 5.41) is 7.44. The number of carbonyl (C=O) groups excluding carboxylic acids is 2. The van der Waals surface area contributed by atoms with Crippen molar-refractivity contribution in [3.05, 3.63) is 21.9 Å². The zero-order valence-corrected chi connectivity index (χ0v) is 11.6. The lowest BCUT2D eigenvalue weighted by molar-refractivity contribution is -0.130. The summed E-state index contributed by atoms with van der Waals surface area (Å²) in [5.41, 5.74) is 1.74. The van der Waals surface area contributed by atoms with E-state index in [0.717, 1.165) is 13.0 Å². The fourth-order valence-electron chi connectivity index (χ4n) is 2.43. The number of hydrogen-bond acceptors (Lipinski definition) is 4. The molecule has 0 fully saturated rings. The molecule has 1 aromatic heterocycles. The molecule has 3 rings (SSSR count). The third-order valence-corrected chi connectivity index (χ3v) is 4.57. The molecule has 0 radical (unpaired) electrons. The van der Waals surface area contributed by atoms with Crippen molar-refractivity contribution in [2.24, 2.45) is 5.10 Å². The Kier molecular flexibility index (Phi) is 3.10. The van der Waals surface area contributed by atoms with E-state index in [1.165, 1.54) is 15.4 Å². The van der Waals surface area contributed by atoms with Crippen molar-refractivity contribution in [2.45, 2.75) is 25.8 Å². The van der Waals surface area contributed by atoms with Gasteiger partial charge in [0.05, 0.1) is 0 Å². The fraction of sp³-hybridized carbons (Fsp3) is 0.462. The van der Waals surface area contributed by atoms with Crippen LogP contribution in [-0.2, 0) is 22.6 Å². The predicted molar refractivity (Wildman–Crippen MR) is 72.9 cm³/mol. The van der Waals surface area contributed by atoms with Gasteiger partial charge in [-0.2, -0.15) is 5.10 Å². The maximum atomic E-state index is 12.4. The van der Waals surface area contributed by atoms with Gasteiger partial charge in [0.2, 0.25) is 5.91 Å². The Hall–Kier alpha value is -1.69. The van der Waals surface area contributed by atoms with Crippen molar-refractivity contribution in [2.75, 3.05) is 13.6 Å². The Morgan fingerprint density at radius 1 is 1.37 bits per heavy atom. The minimum Gasteiger partial charge on any atom is -0.333 e. The number of nitrogens with zero attached hydrogens (tertiary/aromatic N) is 3. The van der Waals surface area contributed by atoms with Gasteiger partial charge in [0, 0.05) is 37.9 Å². The highest BCUT2D eigenvalue weighted by Crippen LogP contribution is 2.24. The highest BCUT2D eigenvalue weighted by Gasteiger charge is 2.28. The van der Waals surface area contributed by atoms with Crippen molar-refractivity contribution >= 4 is 28.9 Å². The van der Waals surface area contributed by atoms with Crippen molar-refractivity contribution in [3.63, 3.8) is 0 Å². The van der Waals surface area contributed by atoms with Gasteiger partial charge in [0.1, 0.15) is 5.71 Å². The summed E-state index contributed by atoms with van der Waals surface area (Å²) in [6.45, 7) is 1.40. The molecule has 0 bridgehead atoms. The molecule has 0 N–H and O–H groups in total. The molecule has 0 unspecified atom stereocenters. The van der Waals surface area contributed by atoms with Crippen molar-refractivity contribution in [1.82, 2.24) is 9.91 Å². The Bertz CT molecular complexity index is 564. The van der Waals surface area contributed by atoms with Crippen molar-refractivity contribution in [3.8, 4) is 0 Å². The van der Waals surface area contributed by atoms with E-state index < -0.39 is 0 Å². The molecular formula is C13H15N3O2S. The number of thiophene rings is 1. The van der Waals surface area contributed by atoms with Crippen LogP contribution in [0.3, 0.4) is 0 Å². The number of amides is 2. The van der Waals surface area contributed by atoms with Crippen LogP contribution < -0.4 is 0 Å². The third-order valence-electron chi connectivity index (χ3n) is 3.55. The molecule has 2 aliphatic heterocycles. The minimum atomic E-state index is -0.0321. The van der Waals surface area contributed by atoms with Crippen molar-refractivity contribution < 1.29 is 9.59 Å². The average molecular weight is 277 g/mol. The first kappa shape index (κ1) is 12.3. The summed E-state index contributed by atoms with van der Waals surface area (Å²) in [4.78, 5) is 27.0. The molecule has 2 aliphatic rings. The second kappa shape index (κ2) is 4.77. The van der Waals surface area contributed by atoms with Crippen LogP contribution in [0.5, 0.6) is 0 Å². The fourth-order valence-corrected chi connectivity index (χ4v) is 3.32. The van der Waals surface area contributed by atoms with Gasteiger partial charge in [0.25, 0.3) is 5.91 Å². The largest absolute Gasteiger partial charge is 0.333 e. The molecule has 1 aromatic rings. The lowest BCUT2D eigenvalue weighted by Crippen LogP contribution is -2.42. The van der Waals surface area contributed by atoms with E-state index in [0.29, 0.717) is 25.1 Å². The SMILES string of the molecule is CN1N=C(C(=O)N2CCc3sccc3C2)CCC1=O. The molecule has 0 spiro atoms. The maximum Gasteiger partial charge on any atom is 0.270 e. The minimum absolute atomic E-state index is 0.0313. The highest BCUT2D eigenvalue weighted by atomic mass is 32.1. The van der Waals surface area contributed by atoms with Gasteiger partial charge < -0.3 is 4.90 Å². The Balaban J connectivity index is 1.75. The van der Waals surface area contributed by atoms with Crippen LogP contribution in [0, 0.1) is 0 Å². The normalized spacial score (nSPS) is 19.2. The molecule has 100 valence electrons. The summed E-state index contributed by atoms with van der Waals surface area (Å²) < 4.78 is 0. The number of rotatable bonds is 1. The second-order valence-electron chi connectivity index (χ2n) is 4.81. The van der Waals surface area contributed by atoms with Crippen LogP contribution in [0.4, 0.5) is 0 Å². The number of hydrogen-bond donors (Lipinski definition) is 0. The quantitative estimate of drug-likeness (QED) is 0.775. The molecule has 19 heavy (non-hydrogen) atoms. The third kappa shape index (κ3) is 2.28. The summed E-state index contributed by atoms with van der Waals surface area (Å²) in [7, 11) is 1.60. The van der Waals surface area contributed by atoms with Gasteiger partial charge in [-0.15, -0.1) is 11.3 Å². The number of carbonyl (C=O) groups is 2. The van der Waals surface area contributed by atoms with E-state index in [-0.39, 0.29) is 11.8 Å². The molecule has 0 aromatic carbocycles. The second-order valence-corrected chi connectivity index (χ2v) is 5.81. The summed E-state index contributed by atoms with van der Waals surface area (Å²) in [6, 6.07) is 2.08. The highest BCUT2D eigenvalue weighted by molar-refractivity contribution is 7.10. The van der Waals surface area contributed by atoms with Gasteiger partial charge in [0.15, 0.2) is 0 Å². The van der Waals surface area contributed by atoms with Crippen LogP contribution in [0.25, 0.3) is 0 Å². The Labute approximate surface area is 115 Å². The molecule has 0 aliphatic carbocycles. The van der Waals surface area contributed by atoms with Gasteiger partial charge in [-0.05, 0) is 23.4 Å². The topological polar surface area (TPSA) is 53.0 Å². The van der Waals surface area contributed by atoms with Gasteiger partial charge >= 0.3 is 0 Å². The summed E-state index contributed by atoms with van der Waals surface area (Å²) >= 11 is 1.75. The van der Waals surface area contributed by atoms with E-state index in [9.17, 15) is 9.59 Å². The maximum absolute atomic E-state index is 12.4. The lowest BCUT2D eigenvalue weighted by Gasteiger charge is -2.29. The lowest BCUT2D eigenvalue weighted by atomic mass is 10.1. The molecule has 0 saturated carbocycles. The van der Waals surface area contributed by atoms with E-state index in [1.54, 1.807) is 18.4 Å².